The van der Waals surface area contributed by atoms with Gasteiger partial charge in [0, 0.05) is 24.2 Å². The van der Waals surface area contributed by atoms with Crippen LogP contribution in [0.5, 0.6) is 0 Å². The van der Waals surface area contributed by atoms with Gasteiger partial charge in [-0.05, 0) is 65.2 Å². The number of ether oxygens (including phenoxy) is 1. The normalized spacial score (nSPS) is 12.1. The zero-order valence-electron chi connectivity index (χ0n) is 16.5. The molecule has 0 aromatic heterocycles. The summed E-state index contributed by atoms with van der Waals surface area (Å²) in [5.74, 6) is -0.133. The molecule has 0 radical (unpaired) electrons. The second-order valence-corrected chi connectivity index (χ2v) is 7.94. The summed E-state index contributed by atoms with van der Waals surface area (Å²) in [6.45, 7) is 9.47. The van der Waals surface area contributed by atoms with Crippen LogP contribution in [0.4, 0.5) is 5.69 Å². The molecule has 0 aliphatic rings. The molecule has 0 saturated carbocycles. The number of nitrogen functional groups attached to an aromatic ring is 1. The number of benzene rings is 1. The van der Waals surface area contributed by atoms with E-state index in [1.54, 1.807) is 26.0 Å². The maximum absolute atomic E-state index is 12.0. The number of anilines is 1. The van der Waals surface area contributed by atoms with E-state index in [1.807, 2.05) is 19.9 Å². The predicted octanol–water partition coefficient (Wildman–Crippen LogP) is 2.48. The van der Waals surface area contributed by atoms with E-state index in [2.05, 4.69) is 5.32 Å². The van der Waals surface area contributed by atoms with E-state index in [1.165, 1.54) is 6.92 Å². The third-order valence-corrected chi connectivity index (χ3v) is 4.00. The van der Waals surface area contributed by atoms with Crippen LogP contribution in [0.25, 0.3) is 0 Å². The highest BCUT2D eigenvalue weighted by atomic mass is 16.5. The molecular weight excluding hydrogens is 332 g/mol. The van der Waals surface area contributed by atoms with Crippen LogP contribution in [0.15, 0.2) is 18.2 Å². The van der Waals surface area contributed by atoms with E-state index in [9.17, 15) is 14.7 Å². The summed E-state index contributed by atoms with van der Waals surface area (Å²) >= 11 is 0. The van der Waals surface area contributed by atoms with Crippen LogP contribution in [0.2, 0.25) is 0 Å². The Morgan fingerprint density at radius 2 is 1.88 bits per heavy atom. The predicted molar refractivity (Wildman–Crippen MR) is 103 cm³/mol. The minimum atomic E-state index is -0.877. The third-order valence-electron chi connectivity index (χ3n) is 4.00. The van der Waals surface area contributed by atoms with Crippen LogP contribution in [0, 0.1) is 0 Å². The molecule has 0 heterocycles. The lowest BCUT2D eigenvalue weighted by Crippen LogP contribution is -2.37. The Hall–Kier alpha value is -1.92. The maximum atomic E-state index is 12.0. The molecule has 1 rings (SSSR count). The van der Waals surface area contributed by atoms with Gasteiger partial charge in [-0.2, -0.15) is 0 Å². The Morgan fingerprint density at radius 1 is 1.23 bits per heavy atom. The van der Waals surface area contributed by atoms with Gasteiger partial charge in [-0.1, -0.05) is 6.07 Å². The van der Waals surface area contributed by atoms with Crippen molar-refractivity contribution in [3.8, 4) is 0 Å². The van der Waals surface area contributed by atoms with Gasteiger partial charge in [0.25, 0.3) is 0 Å². The van der Waals surface area contributed by atoms with Crippen LogP contribution < -0.4 is 11.1 Å². The number of Topliss-reactive ketones (excluding diaryl/α,β-unsaturated/α-hetero) is 1. The fraction of sp³-hybridized carbons (Fsp3) is 0.600. The fourth-order valence-electron chi connectivity index (χ4n) is 2.36. The first kappa shape index (κ1) is 22.1. The molecule has 0 unspecified atom stereocenters. The number of hydrogen-bond acceptors (Lipinski definition) is 5. The number of aryl methyl sites for hydroxylation is 1. The number of carbonyl (C=O) groups excluding carboxylic acids is 2. The van der Waals surface area contributed by atoms with Crippen molar-refractivity contribution in [2.24, 2.45) is 0 Å². The zero-order valence-corrected chi connectivity index (χ0v) is 16.5. The smallest absolute Gasteiger partial charge is 0.220 e. The molecule has 4 N–H and O–H groups in total. The standard InChI is InChI=1S/C20H32N2O4/c1-14(23)16-12-15(6-8-17(16)21)7-9-18(24)22-11-10-20(4,5)26-13-19(2,3)25/h6,8,12,25H,7,9-11,13,21H2,1-5H3,(H,22,24). The lowest BCUT2D eigenvalue weighted by Gasteiger charge is -2.29. The number of carbonyl (C=O) groups is 2. The molecule has 1 aromatic rings. The number of rotatable bonds is 10. The molecule has 0 aliphatic carbocycles. The molecule has 0 spiro atoms. The quantitative estimate of drug-likeness (QED) is 0.437. The molecule has 0 bridgehead atoms. The lowest BCUT2D eigenvalue weighted by atomic mass is 10.0. The summed E-state index contributed by atoms with van der Waals surface area (Å²) < 4.78 is 5.71. The van der Waals surface area contributed by atoms with E-state index in [-0.39, 0.29) is 18.3 Å². The van der Waals surface area contributed by atoms with Gasteiger partial charge in [0.2, 0.25) is 5.91 Å². The Morgan fingerprint density at radius 3 is 2.46 bits per heavy atom. The first-order valence-corrected chi connectivity index (χ1v) is 8.92. The number of hydrogen-bond donors (Lipinski definition) is 3. The molecule has 0 atom stereocenters. The van der Waals surface area contributed by atoms with Gasteiger partial charge in [-0.3, -0.25) is 9.59 Å². The van der Waals surface area contributed by atoms with Gasteiger partial charge in [0.15, 0.2) is 5.78 Å². The number of amides is 1. The van der Waals surface area contributed by atoms with Gasteiger partial charge >= 0.3 is 0 Å². The van der Waals surface area contributed by atoms with Gasteiger partial charge in [-0.25, -0.2) is 0 Å². The molecule has 0 aliphatic heterocycles. The van der Waals surface area contributed by atoms with Crippen LogP contribution >= 0.6 is 0 Å². The summed E-state index contributed by atoms with van der Waals surface area (Å²) in [7, 11) is 0. The second kappa shape index (κ2) is 9.14. The topological polar surface area (TPSA) is 102 Å². The van der Waals surface area contributed by atoms with Gasteiger partial charge in [0.05, 0.1) is 17.8 Å². The molecule has 6 nitrogen and oxygen atoms in total. The summed E-state index contributed by atoms with van der Waals surface area (Å²) in [6, 6.07) is 5.29. The first-order chi connectivity index (χ1) is 11.9. The number of nitrogens with two attached hydrogens (primary N) is 1. The molecular formula is C20H32N2O4. The average Bonchev–Trinajstić information content (AvgIpc) is 2.51. The average molecular weight is 364 g/mol. The number of nitrogens with one attached hydrogen (secondary N) is 1. The van der Waals surface area contributed by atoms with E-state index < -0.39 is 11.2 Å². The maximum Gasteiger partial charge on any atom is 0.220 e. The SMILES string of the molecule is CC(=O)c1cc(CCC(=O)NCCC(C)(C)OCC(C)(C)O)ccc1N. The minimum Gasteiger partial charge on any atom is -0.398 e. The summed E-state index contributed by atoms with van der Waals surface area (Å²) in [4.78, 5) is 23.5. The number of ketones is 1. The Kier molecular flexibility index (Phi) is 7.78. The van der Waals surface area contributed by atoms with Crippen molar-refractivity contribution in [1.29, 1.82) is 0 Å². The van der Waals surface area contributed by atoms with E-state index in [0.717, 1.165) is 5.56 Å². The van der Waals surface area contributed by atoms with Crippen LogP contribution in [-0.2, 0) is 16.0 Å². The summed E-state index contributed by atoms with van der Waals surface area (Å²) in [5.41, 5.74) is 6.33. The van der Waals surface area contributed by atoms with Gasteiger partial charge in [0.1, 0.15) is 0 Å². The third kappa shape index (κ3) is 8.45. The largest absolute Gasteiger partial charge is 0.398 e. The Balaban J connectivity index is 2.39. The van der Waals surface area contributed by atoms with Crippen molar-refractivity contribution in [1.82, 2.24) is 5.32 Å². The first-order valence-electron chi connectivity index (χ1n) is 8.92. The summed E-state index contributed by atoms with van der Waals surface area (Å²) in [6.07, 6.45) is 1.53. The minimum absolute atomic E-state index is 0.0514. The molecule has 146 valence electrons. The highest BCUT2D eigenvalue weighted by molar-refractivity contribution is 5.99. The van der Waals surface area contributed by atoms with Gasteiger partial charge in [-0.15, -0.1) is 0 Å². The molecule has 1 amide bonds. The van der Waals surface area contributed by atoms with Crippen LogP contribution in [-0.4, -0.2) is 41.2 Å². The van der Waals surface area contributed by atoms with Gasteiger partial charge < -0.3 is 20.9 Å². The van der Waals surface area contributed by atoms with E-state index in [4.69, 9.17) is 10.5 Å². The van der Waals surface area contributed by atoms with E-state index >= 15 is 0 Å². The molecule has 6 heteroatoms. The van der Waals surface area contributed by atoms with Crippen LogP contribution in [0.3, 0.4) is 0 Å². The molecule has 0 saturated heterocycles. The van der Waals surface area contributed by atoms with Crippen molar-refractivity contribution in [3.05, 3.63) is 29.3 Å². The Labute approximate surface area is 156 Å². The van der Waals surface area contributed by atoms with Crippen molar-refractivity contribution in [3.63, 3.8) is 0 Å². The zero-order chi connectivity index (χ0) is 20.0. The van der Waals surface area contributed by atoms with Crippen molar-refractivity contribution >= 4 is 17.4 Å². The Bertz CT molecular complexity index is 633. The van der Waals surface area contributed by atoms with E-state index in [0.29, 0.717) is 37.1 Å². The highest BCUT2D eigenvalue weighted by Gasteiger charge is 2.23. The summed E-state index contributed by atoms with van der Waals surface area (Å²) in [5, 5.41) is 12.6. The fourth-order valence-corrected chi connectivity index (χ4v) is 2.36. The molecule has 0 fully saturated rings. The van der Waals surface area contributed by atoms with Crippen molar-refractivity contribution in [2.75, 3.05) is 18.9 Å². The van der Waals surface area contributed by atoms with Crippen molar-refractivity contribution < 1.29 is 19.4 Å². The molecule has 26 heavy (non-hydrogen) atoms. The monoisotopic (exact) mass is 364 g/mol. The second-order valence-electron chi connectivity index (χ2n) is 7.94. The number of aliphatic hydroxyl groups is 1. The van der Waals surface area contributed by atoms with Crippen LogP contribution in [0.1, 0.15) is 63.4 Å². The lowest BCUT2D eigenvalue weighted by molar-refractivity contribution is -0.121. The van der Waals surface area contributed by atoms with Crippen molar-refractivity contribution in [2.45, 2.75) is 65.1 Å². The molecule has 1 aromatic carbocycles. The highest BCUT2D eigenvalue weighted by Crippen LogP contribution is 2.17.